The van der Waals surface area contributed by atoms with Gasteiger partial charge in [0.25, 0.3) is 0 Å². The Bertz CT molecular complexity index is 648. The summed E-state index contributed by atoms with van der Waals surface area (Å²) in [5.74, 6) is -0.00867. The van der Waals surface area contributed by atoms with E-state index in [0.29, 0.717) is 6.20 Å². The Hall–Kier alpha value is -1.31. The zero-order valence-corrected chi connectivity index (χ0v) is 11.6. The molecule has 0 aliphatic rings. The van der Waals surface area contributed by atoms with Crippen molar-refractivity contribution in [3.8, 4) is 0 Å². The van der Waals surface area contributed by atoms with Crippen molar-refractivity contribution in [2.45, 2.75) is 6.18 Å². The lowest BCUT2D eigenvalue weighted by Crippen LogP contribution is -2.06. The van der Waals surface area contributed by atoms with E-state index in [0.717, 1.165) is 6.07 Å². The van der Waals surface area contributed by atoms with Gasteiger partial charge in [0.1, 0.15) is 5.82 Å². The van der Waals surface area contributed by atoms with Crippen LogP contribution in [0.3, 0.4) is 0 Å². The zero-order chi connectivity index (χ0) is 14.9. The normalized spacial score (nSPS) is 11.5. The van der Waals surface area contributed by atoms with E-state index in [2.05, 4.69) is 20.5 Å². The van der Waals surface area contributed by atoms with Crippen molar-refractivity contribution in [2.24, 2.45) is 0 Å². The fourth-order valence-corrected chi connectivity index (χ4v) is 1.75. The predicted octanol–water partition coefficient (Wildman–Crippen LogP) is 4.59. The third kappa shape index (κ3) is 3.41. The quantitative estimate of drug-likeness (QED) is 0.866. The van der Waals surface area contributed by atoms with Crippen LogP contribution in [0.15, 0.2) is 18.3 Å². The maximum Gasteiger partial charge on any atom is 0.417 e. The molecule has 2 aromatic rings. The van der Waals surface area contributed by atoms with Crippen LogP contribution < -0.4 is 5.32 Å². The molecule has 0 spiro atoms. The van der Waals surface area contributed by atoms with Gasteiger partial charge in [-0.2, -0.15) is 13.2 Å². The van der Waals surface area contributed by atoms with Crippen LogP contribution in [-0.2, 0) is 6.18 Å². The Morgan fingerprint density at radius 2 is 1.75 bits per heavy atom. The molecule has 0 aromatic carbocycles. The predicted molar refractivity (Wildman–Crippen MR) is 69.6 cm³/mol. The molecule has 0 saturated heterocycles. The Kier molecular flexibility index (Phi) is 4.22. The molecule has 4 nitrogen and oxygen atoms in total. The number of nitrogens with one attached hydrogen (secondary N) is 1. The first kappa shape index (κ1) is 15.1. The van der Waals surface area contributed by atoms with E-state index in [9.17, 15) is 13.2 Å². The molecule has 0 amide bonds. The van der Waals surface area contributed by atoms with E-state index in [1.165, 1.54) is 6.07 Å². The molecule has 2 heterocycles. The summed E-state index contributed by atoms with van der Waals surface area (Å²) in [6.07, 6.45) is -3.87. The molecule has 0 aliphatic heterocycles. The average Bonchev–Trinajstić information content (AvgIpc) is 2.35. The highest BCUT2D eigenvalue weighted by Crippen LogP contribution is 2.34. The SMILES string of the molecule is FC(F)(F)c1cnc(Nc2cc(Cl)nnc2Cl)c(Cl)c1. The number of aromatic nitrogens is 3. The molecule has 0 radical (unpaired) electrons. The van der Waals surface area contributed by atoms with Crippen molar-refractivity contribution in [3.05, 3.63) is 39.2 Å². The molecule has 20 heavy (non-hydrogen) atoms. The fraction of sp³-hybridized carbons (Fsp3) is 0.100. The molecule has 106 valence electrons. The minimum atomic E-state index is -4.52. The molecule has 0 atom stereocenters. The van der Waals surface area contributed by atoms with Crippen molar-refractivity contribution in [1.29, 1.82) is 0 Å². The number of hydrogen-bond acceptors (Lipinski definition) is 4. The molecule has 2 aromatic heterocycles. The standard InChI is InChI=1S/C10H4Cl3F3N4/c11-5-1-4(10(14,15)16)3-17-9(5)18-6-2-7(12)19-20-8(6)13/h1-3H,(H,17,18,19). The summed E-state index contributed by atoms with van der Waals surface area (Å²) in [6, 6.07) is 2.09. The summed E-state index contributed by atoms with van der Waals surface area (Å²) in [5.41, 5.74) is -0.731. The van der Waals surface area contributed by atoms with Gasteiger partial charge in [-0.05, 0) is 6.07 Å². The highest BCUT2D eigenvalue weighted by atomic mass is 35.5. The molecule has 0 aliphatic carbocycles. The second-order valence-corrected chi connectivity index (χ2v) is 4.70. The molecular formula is C10H4Cl3F3N4. The number of halogens is 6. The van der Waals surface area contributed by atoms with E-state index in [1.807, 2.05) is 0 Å². The summed E-state index contributed by atoms with van der Waals surface area (Å²) in [6.45, 7) is 0. The minimum absolute atomic E-state index is 0.00867. The van der Waals surface area contributed by atoms with Gasteiger partial charge in [-0.15, -0.1) is 10.2 Å². The minimum Gasteiger partial charge on any atom is -0.336 e. The number of hydrogen-bond donors (Lipinski definition) is 1. The van der Waals surface area contributed by atoms with Crippen molar-refractivity contribution in [3.63, 3.8) is 0 Å². The lowest BCUT2D eigenvalue weighted by Gasteiger charge is -2.11. The van der Waals surface area contributed by atoms with Crippen LogP contribution in [0.4, 0.5) is 24.7 Å². The fourth-order valence-electron chi connectivity index (χ4n) is 1.25. The van der Waals surface area contributed by atoms with Gasteiger partial charge < -0.3 is 5.32 Å². The highest BCUT2D eigenvalue weighted by Gasteiger charge is 2.31. The second kappa shape index (κ2) is 5.59. The van der Waals surface area contributed by atoms with Gasteiger partial charge >= 0.3 is 6.18 Å². The van der Waals surface area contributed by atoms with Crippen molar-refractivity contribution in [2.75, 3.05) is 5.32 Å². The lowest BCUT2D eigenvalue weighted by atomic mass is 10.2. The van der Waals surface area contributed by atoms with Crippen LogP contribution in [0, 0.1) is 0 Å². The van der Waals surface area contributed by atoms with Crippen LogP contribution in [0.5, 0.6) is 0 Å². The number of alkyl halides is 3. The molecule has 1 N–H and O–H groups in total. The van der Waals surface area contributed by atoms with Crippen molar-refractivity contribution < 1.29 is 13.2 Å². The van der Waals surface area contributed by atoms with E-state index in [1.54, 1.807) is 0 Å². The topological polar surface area (TPSA) is 50.7 Å². The summed E-state index contributed by atoms with van der Waals surface area (Å²) in [7, 11) is 0. The average molecular weight is 344 g/mol. The Labute approximate surface area is 125 Å². The maximum atomic E-state index is 12.5. The summed E-state index contributed by atoms with van der Waals surface area (Å²) in [4.78, 5) is 3.60. The van der Waals surface area contributed by atoms with Gasteiger partial charge in [0, 0.05) is 12.3 Å². The number of rotatable bonds is 2. The molecule has 0 bridgehead atoms. The third-order valence-electron chi connectivity index (χ3n) is 2.14. The van der Waals surface area contributed by atoms with Gasteiger partial charge in [0.2, 0.25) is 0 Å². The van der Waals surface area contributed by atoms with E-state index in [-0.39, 0.29) is 26.8 Å². The molecule has 0 saturated carbocycles. The third-order valence-corrected chi connectivity index (χ3v) is 2.89. The Morgan fingerprint density at radius 1 is 1.05 bits per heavy atom. The van der Waals surface area contributed by atoms with Crippen LogP contribution in [0.25, 0.3) is 0 Å². The van der Waals surface area contributed by atoms with Gasteiger partial charge in [0.05, 0.1) is 16.3 Å². The van der Waals surface area contributed by atoms with Gasteiger partial charge in [-0.25, -0.2) is 4.98 Å². The van der Waals surface area contributed by atoms with E-state index in [4.69, 9.17) is 34.8 Å². The van der Waals surface area contributed by atoms with Crippen molar-refractivity contribution >= 4 is 46.3 Å². The Morgan fingerprint density at radius 3 is 2.35 bits per heavy atom. The number of nitrogens with zero attached hydrogens (tertiary/aromatic N) is 3. The van der Waals surface area contributed by atoms with Crippen LogP contribution >= 0.6 is 34.8 Å². The number of anilines is 2. The molecule has 0 unspecified atom stereocenters. The monoisotopic (exact) mass is 342 g/mol. The maximum absolute atomic E-state index is 12.5. The van der Waals surface area contributed by atoms with Crippen LogP contribution in [0.2, 0.25) is 15.3 Å². The zero-order valence-electron chi connectivity index (χ0n) is 9.34. The van der Waals surface area contributed by atoms with Gasteiger partial charge in [-0.3, -0.25) is 0 Å². The second-order valence-electron chi connectivity index (χ2n) is 3.55. The summed E-state index contributed by atoms with van der Waals surface area (Å²) in [5, 5.41) is 9.47. The first-order valence-electron chi connectivity index (χ1n) is 4.96. The molecule has 2 rings (SSSR count). The van der Waals surface area contributed by atoms with Crippen LogP contribution in [0.1, 0.15) is 5.56 Å². The smallest absolute Gasteiger partial charge is 0.336 e. The Balaban J connectivity index is 2.33. The highest BCUT2D eigenvalue weighted by molar-refractivity contribution is 6.34. The van der Waals surface area contributed by atoms with Crippen LogP contribution in [-0.4, -0.2) is 15.2 Å². The lowest BCUT2D eigenvalue weighted by molar-refractivity contribution is -0.137. The summed E-state index contributed by atoms with van der Waals surface area (Å²) >= 11 is 17.1. The first-order valence-corrected chi connectivity index (χ1v) is 6.09. The molecule has 10 heteroatoms. The summed E-state index contributed by atoms with van der Waals surface area (Å²) < 4.78 is 37.4. The van der Waals surface area contributed by atoms with Gasteiger partial charge in [-0.1, -0.05) is 34.8 Å². The first-order chi connectivity index (χ1) is 9.27. The van der Waals surface area contributed by atoms with Gasteiger partial charge in [0.15, 0.2) is 10.3 Å². The number of pyridine rings is 1. The van der Waals surface area contributed by atoms with E-state index < -0.39 is 11.7 Å². The van der Waals surface area contributed by atoms with E-state index >= 15 is 0 Å². The molecular weight excluding hydrogens is 339 g/mol. The molecule has 0 fully saturated rings. The van der Waals surface area contributed by atoms with Crippen molar-refractivity contribution in [1.82, 2.24) is 15.2 Å². The largest absolute Gasteiger partial charge is 0.417 e.